The summed E-state index contributed by atoms with van der Waals surface area (Å²) in [5, 5.41) is 3.44. The molecule has 4 aliphatic rings. The molecule has 1 saturated heterocycles. The lowest BCUT2D eigenvalue weighted by atomic mass is 9.47. The second kappa shape index (κ2) is 11.7. The summed E-state index contributed by atoms with van der Waals surface area (Å²) < 4.78 is 23.3. The van der Waals surface area contributed by atoms with Crippen LogP contribution in [0, 0.1) is 28.6 Å². The molecule has 7 atom stereocenters. The van der Waals surface area contributed by atoms with E-state index in [9.17, 15) is 14.2 Å². The first-order valence-electron chi connectivity index (χ1n) is 15.0. The van der Waals surface area contributed by atoms with Crippen molar-refractivity contribution in [3.8, 4) is 0 Å². The van der Waals surface area contributed by atoms with Gasteiger partial charge in [-0.15, -0.1) is 0 Å². The van der Waals surface area contributed by atoms with Crippen LogP contribution in [0.25, 0.3) is 0 Å². The smallest absolute Gasteiger partial charge is 0.330 e. The van der Waals surface area contributed by atoms with Gasteiger partial charge in [0.15, 0.2) is 0 Å². The largest absolute Gasteiger partial charge is 0.353 e. The third kappa shape index (κ3) is 5.70. The monoisotopic (exact) mass is 538 g/mol. The summed E-state index contributed by atoms with van der Waals surface area (Å²) in [5.41, 5.74) is 0.417. The Morgan fingerprint density at radius 1 is 0.973 bits per heavy atom. The number of nitrogens with zero attached hydrogens (tertiary/aromatic N) is 1. The highest BCUT2D eigenvalue weighted by Gasteiger charge is 2.61. The summed E-state index contributed by atoms with van der Waals surface area (Å²) in [6.07, 6.45) is 12.1. The number of carbonyl (C=O) groups excluding carboxylic acids is 2. The molecular weight excluding hydrogens is 487 g/mol. The molecule has 0 aromatic rings. The van der Waals surface area contributed by atoms with Crippen LogP contribution in [0.2, 0.25) is 0 Å². The Hall–Kier alpha value is -0.910. The molecule has 4 rings (SSSR count). The van der Waals surface area contributed by atoms with E-state index in [0.717, 1.165) is 44.4 Å². The van der Waals surface area contributed by atoms with E-state index in [1.54, 1.807) is 0 Å². The zero-order chi connectivity index (χ0) is 26.8. The van der Waals surface area contributed by atoms with Crippen molar-refractivity contribution in [1.29, 1.82) is 0 Å². The fourth-order valence-electron chi connectivity index (χ4n) is 8.98. The van der Waals surface area contributed by atoms with Crippen LogP contribution >= 0.6 is 7.60 Å². The minimum absolute atomic E-state index is 0.162. The number of rotatable bonds is 11. The van der Waals surface area contributed by atoms with Crippen LogP contribution in [0.3, 0.4) is 0 Å². The number of amides is 2. The van der Waals surface area contributed by atoms with Crippen LogP contribution in [0.5, 0.6) is 0 Å². The lowest BCUT2D eigenvalue weighted by Gasteiger charge is -2.61. The molecule has 2 amide bonds. The summed E-state index contributed by atoms with van der Waals surface area (Å²) in [6.45, 7) is 9.35. The predicted molar refractivity (Wildman–Crippen MR) is 146 cm³/mol. The van der Waals surface area contributed by atoms with Crippen LogP contribution in [0.1, 0.15) is 105 Å². The molecule has 7 nitrogen and oxygen atoms in total. The summed E-state index contributed by atoms with van der Waals surface area (Å²) in [7, 11) is -0.962. The second-order valence-corrected chi connectivity index (χ2v) is 14.9. The van der Waals surface area contributed by atoms with E-state index in [1.165, 1.54) is 25.7 Å². The Kier molecular flexibility index (Phi) is 9.18. The number of nitrogens with one attached hydrogen (secondary N) is 1. The number of fused-ring (bicyclic) bond motifs is 5. The maximum atomic E-state index is 12.9. The lowest BCUT2D eigenvalue weighted by Crippen LogP contribution is -2.62. The maximum absolute atomic E-state index is 12.9. The zero-order valence-electron chi connectivity index (χ0n) is 23.9. The molecule has 8 heteroatoms. The topological polar surface area (TPSA) is 84.9 Å². The highest BCUT2D eigenvalue weighted by Crippen LogP contribution is 2.64. The van der Waals surface area contributed by atoms with Crippen molar-refractivity contribution in [2.45, 2.75) is 117 Å². The zero-order valence-corrected chi connectivity index (χ0v) is 24.8. The molecule has 0 bridgehead atoms. The number of unbranched alkanes of at least 4 members (excludes halogenated alkanes) is 2. The summed E-state index contributed by atoms with van der Waals surface area (Å²) >= 11 is 0. The second-order valence-electron chi connectivity index (χ2n) is 12.7. The molecule has 1 N–H and O–H groups in total. The molecule has 212 valence electrons. The first-order chi connectivity index (χ1) is 17.6. The highest BCUT2D eigenvalue weighted by molar-refractivity contribution is 7.53. The minimum Gasteiger partial charge on any atom is -0.353 e. The molecule has 0 aromatic heterocycles. The molecule has 3 saturated carbocycles. The van der Waals surface area contributed by atoms with Crippen molar-refractivity contribution in [2.75, 3.05) is 26.4 Å². The van der Waals surface area contributed by atoms with Crippen molar-refractivity contribution in [3.63, 3.8) is 0 Å². The third-order valence-electron chi connectivity index (χ3n) is 10.9. The molecular formula is C29H51N2O5P. The minimum atomic E-state index is -2.99. The van der Waals surface area contributed by atoms with Crippen LogP contribution in [-0.4, -0.2) is 55.2 Å². The van der Waals surface area contributed by atoms with Crippen molar-refractivity contribution < 1.29 is 23.2 Å². The molecule has 0 aromatic carbocycles. The van der Waals surface area contributed by atoms with Gasteiger partial charge in [-0.1, -0.05) is 20.3 Å². The average molecular weight is 539 g/mol. The number of carbonyl (C=O) groups is 2. The van der Waals surface area contributed by atoms with Crippen LogP contribution in [0.15, 0.2) is 0 Å². The maximum Gasteiger partial charge on any atom is 0.330 e. The fourth-order valence-corrected chi connectivity index (χ4v) is 10.7. The SMILES string of the molecule is CCOP(=O)(CCCCCC(=O)NC1CC[C@H]2[C@@H]3CCC4N(C)C(=O)CC[C@]4(C)[C@@H]3CC[C@]12C)OCC. The summed E-state index contributed by atoms with van der Waals surface area (Å²) in [5.74, 6) is 2.56. The molecule has 0 radical (unpaired) electrons. The quantitative estimate of drug-likeness (QED) is 0.252. The van der Waals surface area contributed by atoms with Gasteiger partial charge in [-0.2, -0.15) is 0 Å². The standard InChI is InChI=1S/C29H51N2O5P/c1-6-35-37(34,36-7-2)20-10-8-9-11-26(32)30-24-14-13-22-21-12-15-25-29(4,19-17-27(33)31(25)5)23(21)16-18-28(22,24)3/h21-25H,6-20H2,1-5H3,(H,30,32)/t21-,22-,23+,24?,25?,28-,29+/m0/s1. The normalized spacial score (nSPS) is 37.6. The highest BCUT2D eigenvalue weighted by atomic mass is 31.2. The van der Waals surface area contributed by atoms with E-state index in [-0.39, 0.29) is 22.8 Å². The van der Waals surface area contributed by atoms with Gasteiger partial charge in [0.25, 0.3) is 0 Å². The number of piperidine rings is 1. The fraction of sp³-hybridized carbons (Fsp3) is 0.931. The number of likely N-dealkylation sites (tertiary alicyclic amines) is 1. The summed E-state index contributed by atoms with van der Waals surface area (Å²) in [6, 6.07) is 0.662. The van der Waals surface area contributed by atoms with Gasteiger partial charge in [0.1, 0.15) is 0 Å². The lowest BCUT2D eigenvalue weighted by molar-refractivity contribution is -0.157. The van der Waals surface area contributed by atoms with Crippen molar-refractivity contribution in [2.24, 2.45) is 28.6 Å². The Morgan fingerprint density at radius 2 is 1.68 bits per heavy atom. The number of hydrogen-bond donors (Lipinski definition) is 1. The van der Waals surface area contributed by atoms with Crippen molar-refractivity contribution >= 4 is 19.4 Å². The Morgan fingerprint density at radius 3 is 2.38 bits per heavy atom. The average Bonchev–Trinajstić information content (AvgIpc) is 3.18. The molecule has 3 aliphatic carbocycles. The van der Waals surface area contributed by atoms with Crippen molar-refractivity contribution in [3.05, 3.63) is 0 Å². The Bertz CT molecular complexity index is 872. The van der Waals surface area contributed by atoms with E-state index in [0.29, 0.717) is 56.0 Å². The van der Waals surface area contributed by atoms with Crippen molar-refractivity contribution in [1.82, 2.24) is 10.2 Å². The van der Waals surface area contributed by atoms with Gasteiger partial charge < -0.3 is 19.3 Å². The van der Waals surface area contributed by atoms with E-state index in [2.05, 4.69) is 24.1 Å². The first-order valence-corrected chi connectivity index (χ1v) is 16.7. The molecule has 1 aliphatic heterocycles. The van der Waals surface area contributed by atoms with E-state index in [1.807, 2.05) is 20.9 Å². The summed E-state index contributed by atoms with van der Waals surface area (Å²) in [4.78, 5) is 27.4. The number of hydrogen-bond acceptors (Lipinski definition) is 5. The van der Waals surface area contributed by atoms with Gasteiger partial charge in [-0.3, -0.25) is 14.2 Å². The van der Waals surface area contributed by atoms with Gasteiger partial charge in [0.05, 0.1) is 19.4 Å². The van der Waals surface area contributed by atoms with Crippen LogP contribution < -0.4 is 5.32 Å². The first kappa shape index (κ1) is 29.1. The van der Waals surface area contributed by atoms with Gasteiger partial charge >= 0.3 is 7.60 Å². The van der Waals surface area contributed by atoms with Gasteiger partial charge in [-0.25, -0.2) is 0 Å². The molecule has 0 spiro atoms. The van der Waals surface area contributed by atoms with E-state index < -0.39 is 7.60 Å². The van der Waals surface area contributed by atoms with E-state index >= 15 is 0 Å². The van der Waals surface area contributed by atoms with E-state index in [4.69, 9.17) is 9.05 Å². The predicted octanol–water partition coefficient (Wildman–Crippen LogP) is 6.16. The van der Waals surface area contributed by atoms with Gasteiger partial charge in [0.2, 0.25) is 11.8 Å². The Balaban J connectivity index is 1.28. The Labute approximate surface area is 224 Å². The molecule has 1 heterocycles. The molecule has 4 fully saturated rings. The molecule has 37 heavy (non-hydrogen) atoms. The van der Waals surface area contributed by atoms with Gasteiger partial charge in [0, 0.05) is 32.0 Å². The molecule has 2 unspecified atom stereocenters. The van der Waals surface area contributed by atoms with Crippen LogP contribution in [-0.2, 0) is 23.2 Å². The third-order valence-corrected chi connectivity index (χ3v) is 13.0. The van der Waals surface area contributed by atoms with Gasteiger partial charge in [-0.05, 0) is 100 Å². The van der Waals surface area contributed by atoms with Crippen LogP contribution in [0.4, 0.5) is 0 Å².